The van der Waals surface area contributed by atoms with Crippen LogP contribution in [0.25, 0.3) is 11.3 Å². The third-order valence-electron chi connectivity index (χ3n) is 2.07. The lowest BCUT2D eigenvalue weighted by molar-refractivity contribution is -0.0498. The largest absolute Gasteiger partial charge is 0.435 e. The van der Waals surface area contributed by atoms with E-state index in [0.29, 0.717) is 0 Å². The Labute approximate surface area is 91.3 Å². The molecule has 0 radical (unpaired) electrons. The van der Waals surface area contributed by atoms with Gasteiger partial charge in [0.25, 0.3) is 0 Å². The quantitative estimate of drug-likeness (QED) is 0.801. The summed E-state index contributed by atoms with van der Waals surface area (Å²) in [7, 11) is 1.79. The molecule has 0 saturated heterocycles. The van der Waals surface area contributed by atoms with Gasteiger partial charge in [0.15, 0.2) is 0 Å². The number of hydrogen-bond acceptors (Lipinski definition) is 2. The fourth-order valence-electron chi connectivity index (χ4n) is 1.40. The zero-order valence-corrected chi connectivity index (χ0v) is 8.60. The fourth-order valence-corrected chi connectivity index (χ4v) is 1.40. The Morgan fingerprint density at radius 1 is 1.31 bits per heavy atom. The molecule has 1 aromatic carbocycles. The van der Waals surface area contributed by atoms with Crippen LogP contribution in [-0.2, 0) is 7.05 Å². The zero-order valence-electron chi connectivity index (χ0n) is 8.60. The number of aromatic nitrogens is 2. The Kier molecular flexibility index (Phi) is 2.85. The first-order chi connectivity index (χ1) is 7.65. The first-order valence-corrected chi connectivity index (χ1v) is 4.70. The first-order valence-electron chi connectivity index (χ1n) is 4.70. The van der Waals surface area contributed by atoms with Crippen molar-refractivity contribution in [2.45, 2.75) is 6.61 Å². The van der Waals surface area contributed by atoms with Gasteiger partial charge in [0.05, 0.1) is 5.69 Å². The Morgan fingerprint density at radius 2 is 2.12 bits per heavy atom. The summed E-state index contributed by atoms with van der Waals surface area (Å²) in [6.07, 6.45) is 1.79. The minimum atomic E-state index is -2.81. The van der Waals surface area contributed by atoms with Gasteiger partial charge in [0.2, 0.25) is 0 Å². The molecular weight excluding hydrogens is 214 g/mol. The summed E-state index contributed by atoms with van der Waals surface area (Å²) in [6, 6.07) is 8.27. The second-order valence-electron chi connectivity index (χ2n) is 3.28. The van der Waals surface area contributed by atoms with Crippen molar-refractivity contribution in [2.75, 3.05) is 0 Å². The number of aryl methyl sites for hydroxylation is 1. The maximum atomic E-state index is 12.0. The highest BCUT2D eigenvalue weighted by Gasteiger charge is 2.06. The van der Waals surface area contributed by atoms with Crippen LogP contribution in [0.5, 0.6) is 5.75 Å². The van der Waals surface area contributed by atoms with Crippen molar-refractivity contribution in [3.63, 3.8) is 0 Å². The van der Waals surface area contributed by atoms with Gasteiger partial charge in [-0.2, -0.15) is 13.9 Å². The number of hydrogen-bond donors (Lipinski definition) is 0. The van der Waals surface area contributed by atoms with Crippen molar-refractivity contribution in [1.82, 2.24) is 9.78 Å². The monoisotopic (exact) mass is 224 g/mol. The van der Waals surface area contributed by atoms with Crippen molar-refractivity contribution in [2.24, 2.45) is 7.05 Å². The summed E-state index contributed by atoms with van der Waals surface area (Å²) in [5.41, 5.74) is 1.47. The van der Waals surface area contributed by atoms with Crippen LogP contribution >= 0.6 is 0 Å². The lowest BCUT2D eigenvalue weighted by Crippen LogP contribution is -2.01. The van der Waals surface area contributed by atoms with E-state index in [1.807, 2.05) is 6.07 Å². The maximum Gasteiger partial charge on any atom is 0.387 e. The average Bonchev–Trinajstić information content (AvgIpc) is 2.64. The van der Waals surface area contributed by atoms with E-state index < -0.39 is 6.61 Å². The number of rotatable bonds is 3. The second kappa shape index (κ2) is 4.30. The summed E-state index contributed by atoms with van der Waals surface area (Å²) in [5.74, 6) is 0.137. The third-order valence-corrected chi connectivity index (χ3v) is 2.07. The predicted octanol–water partition coefficient (Wildman–Crippen LogP) is 2.69. The molecule has 0 aliphatic rings. The maximum absolute atomic E-state index is 12.0. The van der Waals surface area contributed by atoms with Crippen LogP contribution in [0.4, 0.5) is 8.78 Å². The lowest BCUT2D eigenvalue weighted by Gasteiger charge is -2.05. The molecule has 0 spiro atoms. The van der Waals surface area contributed by atoms with Gasteiger partial charge in [-0.3, -0.25) is 4.68 Å². The van der Waals surface area contributed by atoms with E-state index in [4.69, 9.17) is 0 Å². The molecule has 0 saturated carbocycles. The molecule has 84 valence electrons. The molecule has 0 amide bonds. The lowest BCUT2D eigenvalue weighted by atomic mass is 10.1. The Morgan fingerprint density at radius 3 is 2.75 bits per heavy atom. The van der Waals surface area contributed by atoms with Crippen LogP contribution in [0.2, 0.25) is 0 Å². The van der Waals surface area contributed by atoms with Crippen molar-refractivity contribution in [1.29, 1.82) is 0 Å². The van der Waals surface area contributed by atoms with Gasteiger partial charge in [-0.05, 0) is 18.2 Å². The number of halogens is 2. The highest BCUT2D eigenvalue weighted by Crippen LogP contribution is 2.23. The molecule has 0 atom stereocenters. The predicted molar refractivity (Wildman–Crippen MR) is 55.3 cm³/mol. The number of benzene rings is 1. The normalized spacial score (nSPS) is 10.8. The molecular formula is C11H10F2N2O. The molecule has 0 N–H and O–H groups in total. The molecule has 1 aromatic heterocycles. The Balaban J connectivity index is 2.28. The number of ether oxygens (including phenoxy) is 1. The van der Waals surface area contributed by atoms with Crippen molar-refractivity contribution < 1.29 is 13.5 Å². The molecule has 0 aliphatic carbocycles. The molecule has 0 aliphatic heterocycles. The van der Waals surface area contributed by atoms with E-state index in [0.717, 1.165) is 11.3 Å². The topological polar surface area (TPSA) is 27.1 Å². The molecule has 0 bridgehead atoms. The van der Waals surface area contributed by atoms with Gasteiger partial charge in [0.1, 0.15) is 5.75 Å². The SMILES string of the molecule is Cn1ccc(-c2cccc(OC(F)F)c2)n1. The van der Waals surface area contributed by atoms with Crippen LogP contribution in [0.15, 0.2) is 36.5 Å². The van der Waals surface area contributed by atoms with Crippen LogP contribution in [-0.4, -0.2) is 16.4 Å². The first kappa shape index (κ1) is 10.6. The minimum absolute atomic E-state index is 0.137. The van der Waals surface area contributed by atoms with Gasteiger partial charge in [-0.1, -0.05) is 12.1 Å². The minimum Gasteiger partial charge on any atom is -0.435 e. The van der Waals surface area contributed by atoms with Crippen LogP contribution in [0.3, 0.4) is 0 Å². The van der Waals surface area contributed by atoms with E-state index >= 15 is 0 Å². The standard InChI is InChI=1S/C11H10F2N2O/c1-15-6-5-10(14-15)8-3-2-4-9(7-8)16-11(12)13/h2-7,11H,1H3. The van der Waals surface area contributed by atoms with Gasteiger partial charge in [0, 0.05) is 18.8 Å². The van der Waals surface area contributed by atoms with E-state index in [2.05, 4.69) is 9.84 Å². The van der Waals surface area contributed by atoms with Crippen LogP contribution < -0.4 is 4.74 Å². The summed E-state index contributed by atoms with van der Waals surface area (Å²) in [5, 5.41) is 4.17. The van der Waals surface area contributed by atoms with E-state index in [9.17, 15) is 8.78 Å². The number of alkyl halides is 2. The molecule has 0 fully saturated rings. The highest BCUT2D eigenvalue weighted by atomic mass is 19.3. The third kappa shape index (κ3) is 2.36. The average molecular weight is 224 g/mol. The molecule has 16 heavy (non-hydrogen) atoms. The molecule has 5 heteroatoms. The van der Waals surface area contributed by atoms with Crippen molar-refractivity contribution in [3.05, 3.63) is 36.5 Å². The molecule has 0 unspecified atom stereocenters. The van der Waals surface area contributed by atoms with Gasteiger partial charge >= 0.3 is 6.61 Å². The summed E-state index contributed by atoms with van der Waals surface area (Å²) in [4.78, 5) is 0. The van der Waals surface area contributed by atoms with Gasteiger partial charge in [-0.25, -0.2) is 0 Å². The van der Waals surface area contributed by atoms with Gasteiger partial charge in [-0.15, -0.1) is 0 Å². The Bertz CT molecular complexity index is 482. The van der Waals surface area contributed by atoms with Crippen molar-refractivity contribution >= 4 is 0 Å². The summed E-state index contributed by atoms with van der Waals surface area (Å²) >= 11 is 0. The highest BCUT2D eigenvalue weighted by molar-refractivity contribution is 5.60. The van der Waals surface area contributed by atoms with E-state index in [-0.39, 0.29) is 5.75 Å². The molecule has 1 heterocycles. The summed E-state index contributed by atoms with van der Waals surface area (Å²) in [6.45, 7) is -2.81. The molecule has 3 nitrogen and oxygen atoms in total. The van der Waals surface area contributed by atoms with Crippen LogP contribution in [0, 0.1) is 0 Å². The van der Waals surface area contributed by atoms with Crippen molar-refractivity contribution in [3.8, 4) is 17.0 Å². The molecule has 2 aromatic rings. The van der Waals surface area contributed by atoms with E-state index in [1.165, 1.54) is 12.1 Å². The fraction of sp³-hybridized carbons (Fsp3) is 0.182. The smallest absolute Gasteiger partial charge is 0.387 e. The van der Waals surface area contributed by atoms with E-state index in [1.54, 1.807) is 30.1 Å². The van der Waals surface area contributed by atoms with Gasteiger partial charge < -0.3 is 4.74 Å². The molecule has 2 rings (SSSR count). The Hall–Kier alpha value is -1.91. The number of nitrogens with zero attached hydrogens (tertiary/aromatic N) is 2. The van der Waals surface area contributed by atoms with Crippen LogP contribution in [0.1, 0.15) is 0 Å². The zero-order chi connectivity index (χ0) is 11.5. The second-order valence-corrected chi connectivity index (χ2v) is 3.28. The summed E-state index contributed by atoms with van der Waals surface area (Å²) < 4.78 is 30.0.